The molecule has 1 saturated heterocycles. The van der Waals surface area contributed by atoms with E-state index in [1.807, 2.05) is 6.92 Å². The third-order valence-corrected chi connectivity index (χ3v) is 3.02. The average Bonchev–Trinajstić information content (AvgIpc) is 2.46. The van der Waals surface area contributed by atoms with E-state index in [1.165, 1.54) is 6.42 Å². The van der Waals surface area contributed by atoms with Crippen LogP contribution in [0.4, 0.5) is 17.8 Å². The molecular weight excluding hydrogens is 258 g/mol. The molecule has 20 heavy (non-hydrogen) atoms. The van der Waals surface area contributed by atoms with E-state index in [0.29, 0.717) is 17.8 Å². The Morgan fingerprint density at radius 2 is 1.80 bits per heavy atom. The maximum Gasteiger partial charge on any atom is 0.236 e. The first-order chi connectivity index (χ1) is 9.69. The second-order valence-corrected chi connectivity index (χ2v) is 4.68. The van der Waals surface area contributed by atoms with Gasteiger partial charge in [-0.25, -0.2) is 0 Å². The van der Waals surface area contributed by atoms with Crippen molar-refractivity contribution in [2.45, 2.75) is 26.2 Å². The molecule has 8 heteroatoms. The molecule has 8 nitrogen and oxygen atoms in total. The molecule has 0 bridgehead atoms. The van der Waals surface area contributed by atoms with Crippen LogP contribution >= 0.6 is 0 Å². The summed E-state index contributed by atoms with van der Waals surface area (Å²) in [6.07, 6.45) is 3.53. The zero-order valence-electron chi connectivity index (χ0n) is 11.7. The number of aromatic nitrogens is 3. The summed E-state index contributed by atoms with van der Waals surface area (Å²) < 4.78 is 0. The number of rotatable bonds is 6. The summed E-state index contributed by atoms with van der Waals surface area (Å²) in [6, 6.07) is 0. The lowest BCUT2D eigenvalue weighted by Crippen LogP contribution is -2.32. The van der Waals surface area contributed by atoms with Crippen LogP contribution in [0.1, 0.15) is 26.2 Å². The summed E-state index contributed by atoms with van der Waals surface area (Å²) in [6.45, 7) is 4.60. The van der Waals surface area contributed by atoms with Crippen molar-refractivity contribution in [3.05, 3.63) is 0 Å². The smallest absolute Gasteiger partial charge is 0.236 e. The largest absolute Gasteiger partial charge is 0.368 e. The molecule has 0 aliphatic carbocycles. The van der Waals surface area contributed by atoms with Gasteiger partial charge in [-0.1, -0.05) is 0 Å². The third-order valence-electron chi connectivity index (χ3n) is 3.02. The van der Waals surface area contributed by atoms with Gasteiger partial charge in [0.1, 0.15) is 0 Å². The number of piperidine rings is 1. The maximum atomic E-state index is 10.8. The van der Waals surface area contributed by atoms with Gasteiger partial charge in [-0.3, -0.25) is 4.79 Å². The second kappa shape index (κ2) is 6.88. The van der Waals surface area contributed by atoms with Crippen LogP contribution in [0.3, 0.4) is 0 Å². The van der Waals surface area contributed by atoms with Crippen molar-refractivity contribution in [2.24, 2.45) is 5.73 Å². The van der Waals surface area contributed by atoms with E-state index < -0.39 is 5.91 Å². The lowest BCUT2D eigenvalue weighted by atomic mass is 10.1. The highest BCUT2D eigenvalue weighted by atomic mass is 16.1. The maximum absolute atomic E-state index is 10.8. The first-order valence-corrected chi connectivity index (χ1v) is 6.96. The van der Waals surface area contributed by atoms with E-state index in [2.05, 4.69) is 30.5 Å². The highest BCUT2D eigenvalue weighted by Crippen LogP contribution is 2.18. The number of amides is 1. The molecule has 0 atom stereocenters. The van der Waals surface area contributed by atoms with Crippen LogP contribution in [0.15, 0.2) is 0 Å². The molecule has 110 valence electrons. The molecule has 4 N–H and O–H groups in total. The lowest BCUT2D eigenvalue weighted by molar-refractivity contribution is -0.116. The number of carbonyl (C=O) groups is 1. The van der Waals surface area contributed by atoms with Crippen LogP contribution < -0.4 is 21.3 Å². The van der Waals surface area contributed by atoms with E-state index in [9.17, 15) is 4.79 Å². The Morgan fingerprint density at radius 1 is 1.15 bits per heavy atom. The highest BCUT2D eigenvalue weighted by molar-refractivity contribution is 5.78. The van der Waals surface area contributed by atoms with Crippen molar-refractivity contribution in [1.29, 1.82) is 0 Å². The van der Waals surface area contributed by atoms with Gasteiger partial charge >= 0.3 is 0 Å². The molecule has 2 heterocycles. The lowest BCUT2D eigenvalue weighted by Gasteiger charge is -2.27. The molecule has 1 aromatic rings. The Hall–Kier alpha value is -2.12. The van der Waals surface area contributed by atoms with E-state index in [1.54, 1.807) is 0 Å². The van der Waals surface area contributed by atoms with Crippen LogP contribution in [0.25, 0.3) is 0 Å². The summed E-state index contributed by atoms with van der Waals surface area (Å²) in [5.41, 5.74) is 5.12. The minimum atomic E-state index is -0.449. The Bertz CT molecular complexity index is 459. The summed E-state index contributed by atoms with van der Waals surface area (Å²) in [7, 11) is 0. The van der Waals surface area contributed by atoms with Crippen molar-refractivity contribution in [3.8, 4) is 0 Å². The third kappa shape index (κ3) is 3.94. The SMILES string of the molecule is CCNc1nc(NCC(N)=O)nc(N2CCCCC2)n1. The van der Waals surface area contributed by atoms with Gasteiger partial charge in [-0.2, -0.15) is 15.0 Å². The predicted molar refractivity (Wildman–Crippen MR) is 77.7 cm³/mol. The second-order valence-electron chi connectivity index (χ2n) is 4.68. The van der Waals surface area contributed by atoms with Crippen LogP contribution in [0.2, 0.25) is 0 Å². The first-order valence-electron chi connectivity index (χ1n) is 6.96. The fourth-order valence-corrected chi connectivity index (χ4v) is 2.08. The fraction of sp³-hybridized carbons (Fsp3) is 0.667. The number of nitrogens with zero attached hydrogens (tertiary/aromatic N) is 4. The van der Waals surface area contributed by atoms with Crippen LogP contribution in [0.5, 0.6) is 0 Å². The van der Waals surface area contributed by atoms with E-state index in [-0.39, 0.29) is 6.54 Å². The van der Waals surface area contributed by atoms with Crippen LogP contribution in [-0.2, 0) is 4.79 Å². The Balaban J connectivity index is 2.17. The van der Waals surface area contributed by atoms with E-state index >= 15 is 0 Å². The number of nitrogens with one attached hydrogen (secondary N) is 2. The number of hydrogen-bond acceptors (Lipinski definition) is 7. The zero-order valence-corrected chi connectivity index (χ0v) is 11.7. The molecule has 2 rings (SSSR count). The minimum Gasteiger partial charge on any atom is -0.368 e. The fourth-order valence-electron chi connectivity index (χ4n) is 2.08. The molecule has 1 aromatic heterocycles. The topological polar surface area (TPSA) is 109 Å². The Morgan fingerprint density at radius 3 is 2.40 bits per heavy atom. The molecule has 1 aliphatic rings. The van der Waals surface area contributed by atoms with Gasteiger partial charge in [0.25, 0.3) is 0 Å². The van der Waals surface area contributed by atoms with Gasteiger partial charge < -0.3 is 21.3 Å². The predicted octanol–water partition coefficient (Wildman–Crippen LogP) is 0.191. The molecule has 1 amide bonds. The summed E-state index contributed by atoms with van der Waals surface area (Å²) >= 11 is 0. The molecule has 1 aliphatic heterocycles. The van der Waals surface area contributed by atoms with Crippen molar-refractivity contribution in [2.75, 3.05) is 41.7 Å². The highest BCUT2D eigenvalue weighted by Gasteiger charge is 2.16. The Kier molecular flexibility index (Phi) is 4.91. The minimum absolute atomic E-state index is 0.00895. The number of primary amides is 1. The van der Waals surface area contributed by atoms with Crippen LogP contribution in [-0.4, -0.2) is 47.0 Å². The normalized spacial score (nSPS) is 14.9. The van der Waals surface area contributed by atoms with Crippen molar-refractivity contribution in [1.82, 2.24) is 15.0 Å². The zero-order chi connectivity index (χ0) is 14.4. The van der Waals surface area contributed by atoms with E-state index in [0.717, 1.165) is 32.5 Å². The van der Waals surface area contributed by atoms with E-state index in [4.69, 9.17) is 5.73 Å². The number of anilines is 3. The summed E-state index contributed by atoms with van der Waals surface area (Å²) in [4.78, 5) is 26.0. The van der Waals surface area contributed by atoms with Gasteiger partial charge in [0, 0.05) is 19.6 Å². The van der Waals surface area contributed by atoms with Crippen molar-refractivity contribution in [3.63, 3.8) is 0 Å². The van der Waals surface area contributed by atoms with Gasteiger partial charge in [0.05, 0.1) is 6.54 Å². The summed E-state index contributed by atoms with van der Waals surface area (Å²) in [5, 5.41) is 5.89. The quantitative estimate of drug-likeness (QED) is 0.682. The average molecular weight is 279 g/mol. The molecule has 0 spiro atoms. The van der Waals surface area contributed by atoms with Gasteiger partial charge in [0.15, 0.2) is 0 Å². The number of hydrogen-bond donors (Lipinski definition) is 3. The molecule has 1 fully saturated rings. The summed E-state index contributed by atoms with van der Waals surface area (Å²) in [5.74, 6) is 1.07. The molecular formula is C12H21N7O. The number of carbonyl (C=O) groups excluding carboxylic acids is 1. The molecule has 0 unspecified atom stereocenters. The first kappa shape index (κ1) is 14.3. The van der Waals surface area contributed by atoms with Gasteiger partial charge in [0.2, 0.25) is 23.8 Å². The monoisotopic (exact) mass is 279 g/mol. The number of nitrogens with two attached hydrogens (primary N) is 1. The molecule has 0 saturated carbocycles. The standard InChI is InChI=1S/C12H21N7O/c1-2-14-10-16-11(15-8-9(13)20)18-12(17-10)19-6-4-3-5-7-19/h2-8H2,1H3,(H2,13,20)(H2,14,15,16,17,18). The van der Waals surface area contributed by atoms with Gasteiger partial charge in [-0.05, 0) is 26.2 Å². The van der Waals surface area contributed by atoms with Crippen molar-refractivity contribution < 1.29 is 4.79 Å². The van der Waals surface area contributed by atoms with Crippen molar-refractivity contribution >= 4 is 23.8 Å². The Labute approximate surface area is 118 Å². The molecule has 0 radical (unpaired) electrons. The molecule has 0 aromatic carbocycles. The van der Waals surface area contributed by atoms with Crippen LogP contribution in [0, 0.1) is 0 Å². The van der Waals surface area contributed by atoms with Gasteiger partial charge in [-0.15, -0.1) is 0 Å².